The zero-order valence-electron chi connectivity index (χ0n) is 22.2. The number of aromatic carboxylic acids is 1. The third-order valence-electron chi connectivity index (χ3n) is 8.04. The van der Waals surface area contributed by atoms with Gasteiger partial charge in [0.05, 0.1) is 41.8 Å². The molecule has 2 aliphatic heterocycles. The zero-order valence-corrected chi connectivity index (χ0v) is 22.2. The fourth-order valence-electron chi connectivity index (χ4n) is 5.88. The lowest BCUT2D eigenvalue weighted by Gasteiger charge is -2.41. The van der Waals surface area contributed by atoms with Crippen LogP contribution in [0.5, 0.6) is 5.88 Å². The number of carboxylic acids is 1. The largest absolute Gasteiger partial charge is 0.477 e. The molecule has 1 N–H and O–H groups in total. The molecule has 6 rings (SSSR count). The Labute approximate surface area is 222 Å². The summed E-state index contributed by atoms with van der Waals surface area (Å²) in [5, 5.41) is 16.1. The fraction of sp³-hybridized carbons (Fsp3) is 0.571. The number of ether oxygens (including phenoxy) is 2. The van der Waals surface area contributed by atoms with Gasteiger partial charge >= 0.3 is 5.97 Å². The van der Waals surface area contributed by atoms with E-state index in [-0.39, 0.29) is 11.8 Å². The minimum atomic E-state index is -1.03. The van der Waals surface area contributed by atoms with Crippen molar-refractivity contribution in [3.63, 3.8) is 0 Å². The average molecular weight is 521 g/mol. The maximum absolute atomic E-state index is 12.2. The first kappa shape index (κ1) is 25.1. The first-order chi connectivity index (χ1) is 18.5. The average Bonchev–Trinajstić information content (AvgIpc) is 3.26. The monoisotopic (exact) mass is 520 g/mol. The maximum Gasteiger partial charge on any atom is 0.354 e. The first-order valence-electron chi connectivity index (χ1n) is 13.8. The van der Waals surface area contributed by atoms with E-state index >= 15 is 0 Å². The van der Waals surface area contributed by atoms with Crippen LogP contribution in [0.25, 0.3) is 16.7 Å². The Bertz CT molecular complexity index is 1310. The highest BCUT2D eigenvalue weighted by atomic mass is 16.5. The molecule has 3 fully saturated rings. The second-order valence-electron chi connectivity index (χ2n) is 10.8. The van der Waals surface area contributed by atoms with E-state index in [1.807, 2.05) is 26.0 Å². The van der Waals surface area contributed by atoms with E-state index in [1.54, 1.807) is 16.9 Å². The van der Waals surface area contributed by atoms with Gasteiger partial charge in [-0.05, 0) is 51.7 Å². The van der Waals surface area contributed by atoms with Crippen LogP contribution in [0.1, 0.15) is 68.1 Å². The van der Waals surface area contributed by atoms with Crippen molar-refractivity contribution in [3.8, 4) is 11.6 Å². The Morgan fingerprint density at radius 2 is 1.87 bits per heavy atom. The summed E-state index contributed by atoms with van der Waals surface area (Å²) in [5.41, 5.74) is 3.34. The standard InChI is InChI=1S/C28H36N6O4/c1-18(2)38-24-16-21(6-9-29-24)34-27-25(26(31-34)19-4-3-5-19)23(17-22(30-27)28(35)36)33-10-7-20(8-11-33)32-12-14-37-15-13-32/h6,9,16-20H,3-5,7-8,10-15H2,1-2H3,(H,35,36). The van der Waals surface area contributed by atoms with Crippen LogP contribution in [-0.2, 0) is 4.74 Å². The van der Waals surface area contributed by atoms with Crippen LogP contribution in [-0.4, -0.2) is 87.3 Å². The van der Waals surface area contributed by atoms with Crippen LogP contribution in [0.3, 0.4) is 0 Å². The molecule has 1 aliphatic carbocycles. The van der Waals surface area contributed by atoms with Gasteiger partial charge < -0.3 is 19.5 Å². The summed E-state index contributed by atoms with van der Waals surface area (Å²) in [6.07, 6.45) is 7.12. The Kier molecular flexibility index (Phi) is 6.92. The molecule has 3 aromatic heterocycles. The fourth-order valence-corrected chi connectivity index (χ4v) is 5.88. The molecule has 1 saturated carbocycles. The molecule has 0 bridgehead atoms. The van der Waals surface area contributed by atoms with Gasteiger partial charge in [0.1, 0.15) is 0 Å². The van der Waals surface area contributed by atoms with Gasteiger partial charge in [0.25, 0.3) is 0 Å². The summed E-state index contributed by atoms with van der Waals surface area (Å²) in [7, 11) is 0. The molecule has 2 saturated heterocycles. The zero-order chi connectivity index (χ0) is 26.2. The van der Waals surface area contributed by atoms with Crippen molar-refractivity contribution in [2.45, 2.75) is 64.0 Å². The second kappa shape index (κ2) is 10.5. The lowest BCUT2D eigenvalue weighted by atomic mass is 9.82. The highest BCUT2D eigenvalue weighted by Crippen LogP contribution is 2.43. The van der Waals surface area contributed by atoms with Crippen molar-refractivity contribution in [1.82, 2.24) is 24.6 Å². The second-order valence-corrected chi connectivity index (χ2v) is 10.8. The quantitative estimate of drug-likeness (QED) is 0.497. The molecule has 0 aromatic carbocycles. The molecular weight excluding hydrogens is 484 g/mol. The number of carbonyl (C=O) groups is 1. The summed E-state index contributed by atoms with van der Waals surface area (Å²) in [5.74, 6) is -0.173. The molecular formula is C28H36N6O4. The number of morpholine rings is 1. The van der Waals surface area contributed by atoms with Gasteiger partial charge in [-0.1, -0.05) is 6.42 Å². The summed E-state index contributed by atoms with van der Waals surface area (Å²) in [6, 6.07) is 6.01. The van der Waals surface area contributed by atoms with Crippen molar-refractivity contribution < 1.29 is 19.4 Å². The molecule has 202 valence electrons. The van der Waals surface area contributed by atoms with Crippen LogP contribution >= 0.6 is 0 Å². The number of nitrogens with zero attached hydrogens (tertiary/aromatic N) is 6. The van der Waals surface area contributed by atoms with Crippen LogP contribution in [0.15, 0.2) is 24.4 Å². The van der Waals surface area contributed by atoms with Crippen LogP contribution in [0, 0.1) is 0 Å². The van der Waals surface area contributed by atoms with Crippen LogP contribution in [0.4, 0.5) is 5.69 Å². The summed E-state index contributed by atoms with van der Waals surface area (Å²) in [6.45, 7) is 9.24. The van der Waals surface area contributed by atoms with Crippen LogP contribution < -0.4 is 9.64 Å². The van der Waals surface area contributed by atoms with E-state index in [1.165, 1.54) is 6.42 Å². The Morgan fingerprint density at radius 1 is 1.11 bits per heavy atom. The van der Waals surface area contributed by atoms with Crippen molar-refractivity contribution in [2.24, 2.45) is 0 Å². The number of carboxylic acid groups (broad SMARTS) is 1. The van der Waals surface area contributed by atoms with Gasteiger partial charge in [-0.2, -0.15) is 5.10 Å². The van der Waals surface area contributed by atoms with Gasteiger partial charge in [-0.25, -0.2) is 19.4 Å². The Morgan fingerprint density at radius 3 is 2.53 bits per heavy atom. The number of hydrogen-bond donors (Lipinski definition) is 1. The maximum atomic E-state index is 12.2. The molecule has 10 nitrogen and oxygen atoms in total. The van der Waals surface area contributed by atoms with Gasteiger partial charge in [-0.15, -0.1) is 0 Å². The highest BCUT2D eigenvalue weighted by Gasteiger charge is 2.32. The number of rotatable bonds is 7. The van der Waals surface area contributed by atoms with E-state index in [0.717, 1.165) is 87.5 Å². The SMILES string of the molecule is CC(C)Oc1cc(-n2nc(C3CCC3)c3c(N4CCC(N5CCOCC5)CC4)cc(C(=O)O)nc32)ccn1. The molecule has 0 spiro atoms. The molecule has 0 amide bonds. The van der Waals surface area contributed by atoms with Gasteiger partial charge in [0, 0.05) is 50.4 Å². The normalized spacial score (nSPS) is 19.7. The van der Waals surface area contributed by atoms with Crippen molar-refractivity contribution >= 4 is 22.7 Å². The van der Waals surface area contributed by atoms with E-state index in [9.17, 15) is 9.90 Å². The molecule has 10 heteroatoms. The molecule has 3 aromatic rings. The third-order valence-corrected chi connectivity index (χ3v) is 8.04. The van der Waals surface area contributed by atoms with E-state index < -0.39 is 5.97 Å². The number of hydrogen-bond acceptors (Lipinski definition) is 8. The lowest BCUT2D eigenvalue weighted by molar-refractivity contribution is 0.0115. The summed E-state index contributed by atoms with van der Waals surface area (Å²) in [4.78, 5) is 26.1. The first-order valence-corrected chi connectivity index (χ1v) is 13.8. The van der Waals surface area contributed by atoms with Crippen LogP contribution in [0.2, 0.25) is 0 Å². The predicted molar refractivity (Wildman–Crippen MR) is 144 cm³/mol. The molecule has 0 unspecified atom stereocenters. The molecule has 5 heterocycles. The van der Waals surface area contributed by atoms with E-state index in [4.69, 9.17) is 14.6 Å². The summed E-state index contributed by atoms with van der Waals surface area (Å²) < 4.78 is 13.2. The number of aromatic nitrogens is 4. The number of piperidine rings is 1. The summed E-state index contributed by atoms with van der Waals surface area (Å²) >= 11 is 0. The molecule has 38 heavy (non-hydrogen) atoms. The number of pyridine rings is 2. The van der Waals surface area contributed by atoms with Gasteiger partial charge in [0.15, 0.2) is 11.3 Å². The molecule has 3 aliphatic rings. The highest BCUT2D eigenvalue weighted by molar-refractivity contribution is 5.98. The molecule has 0 radical (unpaired) electrons. The Hall–Kier alpha value is -3.24. The number of fused-ring (bicyclic) bond motifs is 1. The third kappa shape index (κ3) is 4.82. The number of anilines is 1. The lowest BCUT2D eigenvalue weighted by Crippen LogP contribution is -2.49. The van der Waals surface area contributed by atoms with Crippen molar-refractivity contribution in [3.05, 3.63) is 35.8 Å². The predicted octanol–water partition coefficient (Wildman–Crippen LogP) is 3.87. The van der Waals surface area contributed by atoms with E-state index in [0.29, 0.717) is 23.5 Å². The minimum absolute atomic E-state index is 0.0126. The van der Waals surface area contributed by atoms with Crippen molar-refractivity contribution in [1.29, 1.82) is 0 Å². The topological polar surface area (TPSA) is 106 Å². The minimum Gasteiger partial charge on any atom is -0.477 e. The van der Waals surface area contributed by atoms with E-state index in [2.05, 4.69) is 19.8 Å². The van der Waals surface area contributed by atoms with Crippen molar-refractivity contribution in [2.75, 3.05) is 44.3 Å². The Balaban J connectivity index is 1.42. The van der Waals surface area contributed by atoms with Gasteiger partial charge in [0.2, 0.25) is 5.88 Å². The van der Waals surface area contributed by atoms with Gasteiger partial charge in [-0.3, -0.25) is 4.90 Å². The smallest absolute Gasteiger partial charge is 0.354 e. The molecule has 0 atom stereocenters.